The van der Waals surface area contributed by atoms with Gasteiger partial charge in [-0.25, -0.2) is 0 Å². The average Bonchev–Trinajstić information content (AvgIpc) is 2.36. The lowest BCUT2D eigenvalue weighted by molar-refractivity contribution is -0.143. The second-order valence-corrected chi connectivity index (χ2v) is 4.77. The van der Waals surface area contributed by atoms with Crippen molar-refractivity contribution in [2.45, 2.75) is 84.5 Å². The third kappa shape index (κ3) is 11.0. The molecule has 0 rings (SSSR count). The summed E-state index contributed by atoms with van der Waals surface area (Å²) in [6.07, 6.45) is 8.39. The van der Waals surface area contributed by atoms with Crippen molar-refractivity contribution in [1.29, 1.82) is 0 Å². The van der Waals surface area contributed by atoms with Gasteiger partial charge in [-0.1, -0.05) is 39.0 Å². The summed E-state index contributed by atoms with van der Waals surface area (Å²) in [7, 11) is 0. The van der Waals surface area contributed by atoms with Gasteiger partial charge in [0.1, 0.15) is 0 Å². The minimum absolute atomic E-state index is 0.144. The van der Waals surface area contributed by atoms with Crippen LogP contribution >= 0.6 is 0 Å². The van der Waals surface area contributed by atoms with Gasteiger partial charge in [0, 0.05) is 19.6 Å². The summed E-state index contributed by atoms with van der Waals surface area (Å²) < 4.78 is 10.9. The van der Waals surface area contributed by atoms with E-state index in [-0.39, 0.29) is 12.4 Å². The number of ether oxygens (including phenoxy) is 2. The number of aliphatic hydroxyl groups is 1. The highest BCUT2D eigenvalue weighted by Crippen LogP contribution is 2.13. The van der Waals surface area contributed by atoms with E-state index in [0.717, 1.165) is 25.7 Å². The van der Waals surface area contributed by atoms with Crippen LogP contribution in [0.2, 0.25) is 0 Å². The average molecular weight is 260 g/mol. The van der Waals surface area contributed by atoms with E-state index in [1.54, 1.807) is 0 Å². The Morgan fingerprint density at radius 1 is 0.778 bits per heavy atom. The van der Waals surface area contributed by atoms with Gasteiger partial charge >= 0.3 is 0 Å². The first kappa shape index (κ1) is 17.9. The van der Waals surface area contributed by atoms with Crippen LogP contribution in [0.25, 0.3) is 0 Å². The van der Waals surface area contributed by atoms with Crippen LogP contribution in [-0.2, 0) is 9.47 Å². The van der Waals surface area contributed by atoms with Gasteiger partial charge in [-0.15, -0.1) is 0 Å². The Morgan fingerprint density at radius 3 is 1.94 bits per heavy atom. The van der Waals surface area contributed by atoms with Crippen LogP contribution in [-0.4, -0.2) is 30.7 Å². The van der Waals surface area contributed by atoms with Crippen molar-refractivity contribution < 1.29 is 14.6 Å². The maximum atomic E-state index is 9.88. The van der Waals surface area contributed by atoms with Gasteiger partial charge in [-0.3, -0.25) is 0 Å². The monoisotopic (exact) mass is 260 g/mol. The van der Waals surface area contributed by atoms with Crippen LogP contribution in [0.3, 0.4) is 0 Å². The maximum absolute atomic E-state index is 9.88. The Morgan fingerprint density at radius 2 is 1.39 bits per heavy atom. The zero-order chi connectivity index (χ0) is 13.6. The van der Waals surface area contributed by atoms with Crippen molar-refractivity contribution in [1.82, 2.24) is 0 Å². The summed E-state index contributed by atoms with van der Waals surface area (Å²) in [5.74, 6) is 0. The summed E-state index contributed by atoms with van der Waals surface area (Å²) in [5, 5.41) is 9.88. The molecule has 3 heteroatoms. The largest absolute Gasteiger partial charge is 0.393 e. The summed E-state index contributed by atoms with van der Waals surface area (Å²) in [5.41, 5.74) is 0. The molecule has 1 atom stereocenters. The molecule has 0 amide bonds. The summed E-state index contributed by atoms with van der Waals surface area (Å²) in [6.45, 7) is 7.48. The van der Waals surface area contributed by atoms with Gasteiger partial charge in [0.15, 0.2) is 6.29 Å². The van der Waals surface area contributed by atoms with Gasteiger partial charge in [-0.2, -0.15) is 0 Å². The van der Waals surface area contributed by atoms with E-state index >= 15 is 0 Å². The molecule has 3 nitrogen and oxygen atoms in total. The van der Waals surface area contributed by atoms with Crippen LogP contribution in [0, 0.1) is 0 Å². The summed E-state index contributed by atoms with van der Waals surface area (Å²) in [6, 6.07) is 0. The third-order valence-electron chi connectivity index (χ3n) is 3.08. The molecular formula is C15H32O3. The molecule has 18 heavy (non-hydrogen) atoms. The van der Waals surface area contributed by atoms with Gasteiger partial charge in [-0.05, 0) is 26.7 Å². The van der Waals surface area contributed by atoms with Crippen molar-refractivity contribution in [3.05, 3.63) is 0 Å². The minimum atomic E-state index is -0.199. The molecule has 0 spiro atoms. The fourth-order valence-electron chi connectivity index (χ4n) is 2.04. The number of rotatable bonds is 13. The quantitative estimate of drug-likeness (QED) is 0.403. The van der Waals surface area contributed by atoms with Crippen molar-refractivity contribution in [2.24, 2.45) is 0 Å². The van der Waals surface area contributed by atoms with E-state index in [4.69, 9.17) is 9.47 Å². The molecule has 0 bridgehead atoms. The highest BCUT2D eigenvalue weighted by atomic mass is 16.7. The van der Waals surface area contributed by atoms with Crippen LogP contribution in [0.4, 0.5) is 0 Å². The number of unbranched alkanes of at least 4 members (excludes halogenated alkanes) is 4. The number of aliphatic hydroxyl groups excluding tert-OH is 1. The van der Waals surface area contributed by atoms with Crippen LogP contribution in [0.15, 0.2) is 0 Å². The lowest BCUT2D eigenvalue weighted by Crippen LogP contribution is -2.20. The molecule has 0 saturated carbocycles. The van der Waals surface area contributed by atoms with Gasteiger partial charge in [0.05, 0.1) is 6.10 Å². The first-order valence-electron chi connectivity index (χ1n) is 7.65. The molecule has 1 unspecified atom stereocenters. The van der Waals surface area contributed by atoms with Crippen LogP contribution in [0.1, 0.15) is 72.1 Å². The van der Waals surface area contributed by atoms with Gasteiger partial charge in [0.25, 0.3) is 0 Å². The van der Waals surface area contributed by atoms with Crippen LogP contribution < -0.4 is 0 Å². The molecule has 0 aliphatic rings. The predicted octanol–water partition coefficient (Wildman–Crippen LogP) is 3.89. The predicted molar refractivity (Wildman–Crippen MR) is 75.7 cm³/mol. The number of hydrogen-bond donors (Lipinski definition) is 1. The standard InChI is InChI=1S/C15H32O3/c1-4-7-8-9-10-11-14(16)12-13-15(17-5-2)18-6-3/h14-16H,4-13H2,1-3H3. The van der Waals surface area contributed by atoms with E-state index in [9.17, 15) is 5.11 Å². The van der Waals surface area contributed by atoms with E-state index in [2.05, 4.69) is 6.92 Å². The molecule has 0 aromatic heterocycles. The Balaban J connectivity index is 3.50. The zero-order valence-electron chi connectivity index (χ0n) is 12.5. The molecule has 0 aliphatic carbocycles. The Hall–Kier alpha value is -0.120. The normalized spacial score (nSPS) is 13.2. The molecular weight excluding hydrogens is 228 g/mol. The Bertz CT molecular complexity index is 156. The zero-order valence-corrected chi connectivity index (χ0v) is 12.5. The third-order valence-corrected chi connectivity index (χ3v) is 3.08. The van der Waals surface area contributed by atoms with Crippen molar-refractivity contribution in [2.75, 3.05) is 13.2 Å². The first-order chi connectivity index (χ1) is 8.74. The van der Waals surface area contributed by atoms with Gasteiger partial charge < -0.3 is 14.6 Å². The van der Waals surface area contributed by atoms with Crippen LogP contribution in [0.5, 0.6) is 0 Å². The second kappa shape index (κ2) is 13.3. The minimum Gasteiger partial charge on any atom is -0.393 e. The molecule has 0 heterocycles. The fraction of sp³-hybridized carbons (Fsp3) is 1.00. The fourth-order valence-corrected chi connectivity index (χ4v) is 2.04. The van der Waals surface area contributed by atoms with E-state index < -0.39 is 0 Å². The summed E-state index contributed by atoms with van der Waals surface area (Å²) >= 11 is 0. The van der Waals surface area contributed by atoms with E-state index in [1.165, 1.54) is 25.7 Å². The highest BCUT2D eigenvalue weighted by Gasteiger charge is 2.11. The second-order valence-electron chi connectivity index (χ2n) is 4.77. The molecule has 0 aromatic rings. The Labute approximate surface area is 113 Å². The maximum Gasteiger partial charge on any atom is 0.157 e. The smallest absolute Gasteiger partial charge is 0.157 e. The molecule has 0 fully saturated rings. The Kier molecular flexibility index (Phi) is 13.2. The molecule has 1 N–H and O–H groups in total. The lowest BCUT2D eigenvalue weighted by atomic mass is 10.0. The van der Waals surface area contributed by atoms with Crippen molar-refractivity contribution >= 4 is 0 Å². The van der Waals surface area contributed by atoms with Crippen molar-refractivity contribution in [3.8, 4) is 0 Å². The number of hydrogen-bond acceptors (Lipinski definition) is 3. The molecule has 0 saturated heterocycles. The SMILES string of the molecule is CCCCCCCC(O)CCC(OCC)OCC. The van der Waals surface area contributed by atoms with E-state index in [0.29, 0.717) is 13.2 Å². The summed E-state index contributed by atoms with van der Waals surface area (Å²) in [4.78, 5) is 0. The highest BCUT2D eigenvalue weighted by molar-refractivity contribution is 4.58. The topological polar surface area (TPSA) is 38.7 Å². The lowest BCUT2D eigenvalue weighted by Gasteiger charge is -2.18. The first-order valence-corrected chi connectivity index (χ1v) is 7.65. The van der Waals surface area contributed by atoms with Gasteiger partial charge in [0.2, 0.25) is 0 Å². The van der Waals surface area contributed by atoms with Crippen molar-refractivity contribution in [3.63, 3.8) is 0 Å². The van der Waals surface area contributed by atoms with E-state index in [1.807, 2.05) is 13.8 Å². The molecule has 0 aliphatic heterocycles. The molecule has 0 aromatic carbocycles. The molecule has 0 radical (unpaired) electrons. The molecule has 110 valence electrons.